The molecule has 2 fully saturated rings. The molecule has 2 aliphatic rings. The Hall–Kier alpha value is -4.31. The van der Waals surface area contributed by atoms with Crippen LogP contribution in [0.3, 0.4) is 0 Å². The van der Waals surface area contributed by atoms with E-state index in [1.165, 1.54) is 0 Å². The molecule has 0 radical (unpaired) electrons. The summed E-state index contributed by atoms with van der Waals surface area (Å²) in [6, 6.07) is 40.7. The number of hydrogen-bond acceptors (Lipinski definition) is 8. The van der Waals surface area contributed by atoms with Gasteiger partial charge in [0.15, 0.2) is 12.4 Å². The van der Waals surface area contributed by atoms with Crippen LogP contribution in [0, 0.1) is 0 Å². The predicted molar refractivity (Wildman–Crippen MR) is 207 cm³/mol. The normalized spacial score (nSPS) is 20.9. The molecule has 2 aliphatic heterocycles. The summed E-state index contributed by atoms with van der Waals surface area (Å²) in [5, 5.41) is 0. The molecule has 1 aromatic heterocycles. The van der Waals surface area contributed by atoms with Crippen LogP contribution in [0.2, 0.25) is 39.3 Å². The Morgan fingerprint density at radius 1 is 0.698 bits per heavy atom. The first-order chi connectivity index (χ1) is 25.2. The van der Waals surface area contributed by atoms with Crippen LogP contribution in [0.25, 0.3) is 0 Å². The summed E-state index contributed by atoms with van der Waals surface area (Å²) in [6.45, 7) is 12.9. The van der Waals surface area contributed by atoms with Gasteiger partial charge in [-0.05, 0) is 42.4 Å². The minimum atomic E-state index is -3.31. The predicted octanol–water partition coefficient (Wildman–Crippen LogP) is 9.41. The number of hydrogen-bond donors (Lipinski definition) is 1. The molecule has 5 aromatic rings. The Bertz CT molecular complexity index is 1770. The zero-order valence-corrected chi connectivity index (χ0v) is 32.9. The van der Waals surface area contributed by atoms with Crippen LogP contribution in [0.1, 0.15) is 28.5 Å². The molecule has 2 unspecified atom stereocenters. The highest BCUT2D eigenvalue weighted by atomic mass is 28.4. The van der Waals surface area contributed by atoms with Gasteiger partial charge < -0.3 is 28.4 Å². The van der Waals surface area contributed by atoms with Gasteiger partial charge in [-0.1, -0.05) is 141 Å². The van der Waals surface area contributed by atoms with E-state index >= 15 is 8.78 Å². The number of aromatic nitrogens is 2. The number of fused-ring (bicyclic) bond motifs is 2. The zero-order chi connectivity index (χ0) is 37.7. The number of anilines is 1. The fraction of sp³-hybridized carbons (Fsp3) is 0.317. The number of nitrogens with zero attached hydrogens (tertiary/aromatic N) is 2. The van der Waals surface area contributed by atoms with Crippen LogP contribution in [0.15, 0.2) is 134 Å². The van der Waals surface area contributed by atoms with Crippen molar-refractivity contribution in [3.63, 3.8) is 0 Å². The Morgan fingerprint density at radius 2 is 1.21 bits per heavy atom. The Morgan fingerprint density at radius 3 is 1.70 bits per heavy atom. The van der Waals surface area contributed by atoms with E-state index in [2.05, 4.69) is 54.2 Å². The SMILES string of the molecule is C[Si](C)(C)Nc1ccnc(O[Si](C)(C)C)n1.FC1(F)C2OC(c3ccccc3)O[C@H]1O[C@@H]2COC(c1ccccc1)(c1ccccc1)c1ccccc1. The molecule has 4 aromatic carbocycles. The van der Waals surface area contributed by atoms with E-state index in [1.54, 1.807) is 18.3 Å². The number of rotatable bonds is 11. The number of benzene rings is 4. The van der Waals surface area contributed by atoms with Gasteiger partial charge in [0.2, 0.25) is 14.6 Å². The number of halogens is 2. The standard InChI is InChI=1S/C31H26F2O4.C10H21N3OSi2/c32-31(33)27-26(35-29(31)37-28(36-27)22-13-5-1-6-14-22)21-34-30(23-15-7-2-8-16-23,24-17-9-3-10-18-24)25-19-11-4-12-20-25;1-15(2,3)13-9-7-8-11-10(12-9)14-16(4,5)6/h1-20,26-29H,21H2;7-8H,1-6H3,(H,11,12,13)/t26-,27?,28?,29-;/m1./s1. The number of nitrogens with one attached hydrogen (secondary N) is 1. The maximum Gasteiger partial charge on any atom is 0.326 e. The van der Waals surface area contributed by atoms with Crippen molar-refractivity contribution >= 4 is 22.4 Å². The molecule has 2 bridgehead atoms. The average molecular weight is 756 g/mol. The first kappa shape index (κ1) is 38.4. The highest BCUT2D eigenvalue weighted by Crippen LogP contribution is 2.48. The van der Waals surface area contributed by atoms with Crippen molar-refractivity contribution in [2.75, 3.05) is 11.6 Å². The zero-order valence-electron chi connectivity index (χ0n) is 30.9. The van der Waals surface area contributed by atoms with E-state index < -0.39 is 52.9 Å². The van der Waals surface area contributed by atoms with E-state index in [-0.39, 0.29) is 6.61 Å². The summed E-state index contributed by atoms with van der Waals surface area (Å²) in [7, 11) is -2.99. The quantitative estimate of drug-likeness (QED) is 0.106. The van der Waals surface area contributed by atoms with Crippen LogP contribution < -0.4 is 9.41 Å². The topological polar surface area (TPSA) is 84.0 Å². The summed E-state index contributed by atoms with van der Waals surface area (Å²) in [4.78, 5) is 11.9. The number of ether oxygens (including phenoxy) is 4. The smallest absolute Gasteiger partial charge is 0.326 e. The van der Waals surface area contributed by atoms with Crippen molar-refractivity contribution < 1.29 is 32.2 Å². The van der Waals surface area contributed by atoms with Gasteiger partial charge in [0.25, 0.3) is 0 Å². The highest BCUT2D eigenvalue weighted by molar-refractivity contribution is 6.79. The third kappa shape index (κ3) is 9.26. The van der Waals surface area contributed by atoms with Crippen LogP contribution >= 0.6 is 0 Å². The van der Waals surface area contributed by atoms with Gasteiger partial charge >= 0.3 is 11.9 Å². The summed E-state index contributed by atoms with van der Waals surface area (Å²) in [5.74, 6) is -2.45. The maximum atomic E-state index is 15.2. The van der Waals surface area contributed by atoms with Gasteiger partial charge in [0.05, 0.1) is 6.61 Å². The lowest BCUT2D eigenvalue weighted by Gasteiger charge is -2.37. The average Bonchev–Trinajstić information content (AvgIpc) is 3.24. The Kier molecular flexibility index (Phi) is 11.6. The largest absolute Gasteiger partial charge is 0.518 e. The molecule has 12 heteroatoms. The first-order valence-electron chi connectivity index (χ1n) is 17.7. The van der Waals surface area contributed by atoms with Crippen molar-refractivity contribution in [1.29, 1.82) is 0 Å². The van der Waals surface area contributed by atoms with Gasteiger partial charge in [-0.2, -0.15) is 13.8 Å². The van der Waals surface area contributed by atoms with Crippen molar-refractivity contribution in [1.82, 2.24) is 9.97 Å². The first-order valence-corrected chi connectivity index (χ1v) is 24.7. The molecule has 0 spiro atoms. The van der Waals surface area contributed by atoms with E-state index in [4.69, 9.17) is 23.4 Å². The van der Waals surface area contributed by atoms with E-state index in [0.717, 1.165) is 22.5 Å². The fourth-order valence-electron chi connectivity index (χ4n) is 6.27. The highest BCUT2D eigenvalue weighted by Gasteiger charge is 2.65. The monoisotopic (exact) mass is 755 g/mol. The van der Waals surface area contributed by atoms with Crippen LogP contribution in [0.4, 0.5) is 14.6 Å². The molecular formula is C41H47F2N3O5Si2. The van der Waals surface area contributed by atoms with Crippen molar-refractivity contribution in [2.24, 2.45) is 0 Å². The van der Waals surface area contributed by atoms with Crippen LogP contribution in [0.5, 0.6) is 6.01 Å². The second-order valence-corrected chi connectivity index (χ2v) is 24.2. The van der Waals surface area contributed by atoms with Crippen molar-refractivity contribution in [2.45, 2.75) is 75.6 Å². The van der Waals surface area contributed by atoms with E-state index in [0.29, 0.717) is 11.6 Å². The summed E-state index contributed by atoms with van der Waals surface area (Å²) in [6.07, 6.45) is -3.47. The molecule has 278 valence electrons. The molecular weight excluding hydrogens is 709 g/mol. The summed E-state index contributed by atoms with van der Waals surface area (Å²) >= 11 is 0. The van der Waals surface area contributed by atoms with Gasteiger partial charge in [0, 0.05) is 11.8 Å². The number of alkyl halides is 2. The molecule has 4 atom stereocenters. The molecule has 1 N–H and O–H groups in total. The van der Waals surface area contributed by atoms with Crippen LogP contribution in [-0.2, 0) is 24.5 Å². The Balaban J connectivity index is 0.000000253. The molecule has 7 rings (SSSR count). The van der Waals surface area contributed by atoms with Crippen molar-refractivity contribution in [3.8, 4) is 6.01 Å². The molecule has 0 aliphatic carbocycles. The molecule has 8 nitrogen and oxygen atoms in total. The molecule has 2 saturated heterocycles. The van der Waals surface area contributed by atoms with E-state index in [1.807, 2.05) is 115 Å². The second-order valence-electron chi connectivity index (χ2n) is 15.0. The van der Waals surface area contributed by atoms with Crippen LogP contribution in [-0.4, -0.2) is 57.5 Å². The van der Waals surface area contributed by atoms with Gasteiger partial charge in [-0.15, -0.1) is 0 Å². The maximum absolute atomic E-state index is 15.2. The lowest BCUT2D eigenvalue weighted by atomic mass is 9.80. The molecule has 53 heavy (non-hydrogen) atoms. The lowest BCUT2D eigenvalue weighted by molar-refractivity contribution is -0.344. The van der Waals surface area contributed by atoms with Gasteiger partial charge in [-0.25, -0.2) is 4.98 Å². The molecule has 0 amide bonds. The third-order valence-electron chi connectivity index (χ3n) is 8.46. The van der Waals surface area contributed by atoms with Crippen molar-refractivity contribution in [3.05, 3.63) is 156 Å². The summed E-state index contributed by atoms with van der Waals surface area (Å²) in [5.41, 5.74) is 2.22. The third-order valence-corrected chi connectivity index (χ3v) is 10.3. The lowest BCUT2D eigenvalue weighted by Crippen LogP contribution is -2.49. The summed E-state index contributed by atoms with van der Waals surface area (Å²) < 4.78 is 59.8. The van der Waals surface area contributed by atoms with Gasteiger partial charge in [0.1, 0.15) is 25.8 Å². The fourth-order valence-corrected chi connectivity index (χ4v) is 7.82. The minimum Gasteiger partial charge on any atom is -0.518 e. The molecule has 3 heterocycles. The Labute approximate surface area is 312 Å². The van der Waals surface area contributed by atoms with Gasteiger partial charge in [-0.3, -0.25) is 0 Å². The van der Waals surface area contributed by atoms with E-state index in [9.17, 15) is 0 Å². The molecule has 0 saturated carbocycles. The second kappa shape index (κ2) is 16.0. The minimum absolute atomic E-state index is 0.139.